The first-order chi connectivity index (χ1) is 7.40. The number of nitrogens with zero attached hydrogens (tertiary/aromatic N) is 1. The molecule has 0 spiro atoms. The van der Waals surface area contributed by atoms with Crippen molar-refractivity contribution in [2.24, 2.45) is 0 Å². The second-order valence-electron chi connectivity index (χ2n) is 3.94. The number of piperazine rings is 1. The average molecular weight is 250 g/mol. The lowest BCUT2D eigenvalue weighted by Gasteiger charge is -2.36. The van der Waals surface area contributed by atoms with Crippen LogP contribution in [0.3, 0.4) is 0 Å². The molecule has 0 radical (unpaired) electrons. The fraction of sp³-hybridized carbons (Fsp3) is 0.889. The summed E-state index contributed by atoms with van der Waals surface area (Å²) in [6.07, 6.45) is 0.538. The smallest absolute Gasteiger partial charge is 0.322 e. The molecule has 0 aromatic rings. The Bertz CT molecular complexity index is 355. The summed E-state index contributed by atoms with van der Waals surface area (Å²) in [5.41, 5.74) is 0. The number of hydrogen-bond acceptors (Lipinski definition) is 4. The number of nitrogens with one attached hydrogen (secondary N) is 1. The Hall–Kier alpha value is -0.660. The van der Waals surface area contributed by atoms with E-state index in [9.17, 15) is 13.2 Å². The van der Waals surface area contributed by atoms with Crippen LogP contribution in [0.5, 0.6) is 0 Å². The minimum atomic E-state index is -3.32. The number of rotatable bonds is 4. The Balaban J connectivity index is 2.85. The monoisotopic (exact) mass is 250 g/mol. The fourth-order valence-electron chi connectivity index (χ4n) is 1.93. The Morgan fingerprint density at radius 3 is 2.69 bits per heavy atom. The topological polar surface area (TPSA) is 86.7 Å². The number of hydrogen-bond donors (Lipinski definition) is 2. The first-order valence-corrected chi connectivity index (χ1v) is 6.96. The van der Waals surface area contributed by atoms with Crippen molar-refractivity contribution in [3.8, 4) is 0 Å². The van der Waals surface area contributed by atoms with Crippen LogP contribution in [-0.2, 0) is 14.8 Å². The van der Waals surface area contributed by atoms with Crippen molar-refractivity contribution < 1.29 is 18.3 Å². The molecule has 2 unspecified atom stereocenters. The van der Waals surface area contributed by atoms with E-state index < -0.39 is 28.1 Å². The van der Waals surface area contributed by atoms with E-state index in [2.05, 4.69) is 5.32 Å². The molecule has 0 bridgehead atoms. The van der Waals surface area contributed by atoms with Crippen molar-refractivity contribution in [2.45, 2.75) is 32.4 Å². The van der Waals surface area contributed by atoms with E-state index in [0.717, 1.165) is 0 Å². The zero-order valence-corrected chi connectivity index (χ0v) is 10.3. The largest absolute Gasteiger partial charge is 0.480 e. The maximum atomic E-state index is 11.9. The molecule has 1 fully saturated rings. The molecule has 94 valence electrons. The SMILES string of the molecule is CCCS(=O)(=O)N1CCNC(C(=O)O)C1C. The molecule has 7 heteroatoms. The number of aliphatic carboxylic acids is 1. The van der Waals surface area contributed by atoms with Gasteiger partial charge < -0.3 is 10.4 Å². The molecule has 1 saturated heterocycles. The molecule has 1 heterocycles. The second-order valence-corrected chi connectivity index (χ2v) is 5.98. The van der Waals surface area contributed by atoms with Gasteiger partial charge in [0.15, 0.2) is 0 Å². The molecule has 0 aliphatic carbocycles. The third-order valence-electron chi connectivity index (χ3n) is 2.72. The van der Waals surface area contributed by atoms with Gasteiger partial charge in [-0.2, -0.15) is 4.31 Å². The van der Waals surface area contributed by atoms with Crippen molar-refractivity contribution in [2.75, 3.05) is 18.8 Å². The standard InChI is InChI=1S/C9H18N2O4S/c1-3-6-16(14,15)11-5-4-10-8(7(11)2)9(12)13/h7-8,10H,3-6H2,1-2H3,(H,12,13). The summed E-state index contributed by atoms with van der Waals surface area (Å²) in [6.45, 7) is 4.13. The summed E-state index contributed by atoms with van der Waals surface area (Å²) < 4.78 is 25.0. The van der Waals surface area contributed by atoms with Crippen LogP contribution in [0.4, 0.5) is 0 Å². The Morgan fingerprint density at radius 2 is 2.19 bits per heavy atom. The fourth-order valence-corrected chi connectivity index (χ4v) is 3.68. The summed E-state index contributed by atoms with van der Waals surface area (Å²) in [5, 5.41) is 11.7. The molecule has 1 aliphatic heterocycles. The van der Waals surface area contributed by atoms with Gasteiger partial charge in [-0.3, -0.25) is 4.79 Å². The van der Waals surface area contributed by atoms with Gasteiger partial charge in [-0.25, -0.2) is 8.42 Å². The molecule has 1 aliphatic rings. The number of sulfonamides is 1. The predicted molar refractivity (Wildman–Crippen MR) is 59.7 cm³/mol. The summed E-state index contributed by atoms with van der Waals surface area (Å²) >= 11 is 0. The van der Waals surface area contributed by atoms with Gasteiger partial charge in [0.1, 0.15) is 6.04 Å². The normalized spacial score (nSPS) is 27.9. The van der Waals surface area contributed by atoms with Gasteiger partial charge in [0.05, 0.1) is 5.75 Å². The highest BCUT2D eigenvalue weighted by Crippen LogP contribution is 2.15. The van der Waals surface area contributed by atoms with Crippen LogP contribution in [0.15, 0.2) is 0 Å². The van der Waals surface area contributed by atoms with E-state index >= 15 is 0 Å². The Labute approximate surface area is 95.7 Å². The summed E-state index contributed by atoms with van der Waals surface area (Å²) in [6, 6.07) is -1.36. The van der Waals surface area contributed by atoms with Crippen molar-refractivity contribution in [3.63, 3.8) is 0 Å². The highest BCUT2D eigenvalue weighted by atomic mass is 32.2. The molecule has 16 heavy (non-hydrogen) atoms. The van der Waals surface area contributed by atoms with E-state index in [4.69, 9.17) is 5.11 Å². The summed E-state index contributed by atoms with van der Waals surface area (Å²) in [5.74, 6) is -0.937. The molecule has 6 nitrogen and oxygen atoms in total. The van der Waals surface area contributed by atoms with Crippen LogP contribution < -0.4 is 5.32 Å². The minimum absolute atomic E-state index is 0.0731. The molecular formula is C9H18N2O4S. The van der Waals surface area contributed by atoms with Crippen LogP contribution in [0.1, 0.15) is 20.3 Å². The zero-order chi connectivity index (χ0) is 12.3. The molecule has 1 rings (SSSR count). The number of carbonyl (C=O) groups is 1. The van der Waals surface area contributed by atoms with E-state index in [1.807, 2.05) is 0 Å². The van der Waals surface area contributed by atoms with Gasteiger partial charge in [0.2, 0.25) is 10.0 Å². The highest BCUT2D eigenvalue weighted by Gasteiger charge is 2.38. The van der Waals surface area contributed by atoms with Crippen LogP contribution in [0.2, 0.25) is 0 Å². The van der Waals surface area contributed by atoms with Gasteiger partial charge in [0, 0.05) is 19.1 Å². The molecule has 0 saturated carbocycles. The first-order valence-electron chi connectivity index (χ1n) is 5.36. The van der Waals surface area contributed by atoms with Gasteiger partial charge in [-0.15, -0.1) is 0 Å². The summed E-state index contributed by atoms with van der Waals surface area (Å²) in [7, 11) is -3.32. The zero-order valence-electron chi connectivity index (χ0n) is 9.51. The predicted octanol–water partition coefficient (Wildman–Crippen LogP) is -0.527. The molecule has 2 atom stereocenters. The maximum Gasteiger partial charge on any atom is 0.322 e. The van der Waals surface area contributed by atoms with Crippen LogP contribution in [0.25, 0.3) is 0 Å². The van der Waals surface area contributed by atoms with E-state index in [0.29, 0.717) is 19.5 Å². The number of carboxylic acid groups (broad SMARTS) is 1. The Morgan fingerprint density at radius 1 is 1.56 bits per heavy atom. The van der Waals surface area contributed by atoms with Crippen molar-refractivity contribution in [1.29, 1.82) is 0 Å². The van der Waals surface area contributed by atoms with Crippen molar-refractivity contribution >= 4 is 16.0 Å². The summed E-state index contributed by atoms with van der Waals surface area (Å²) in [4.78, 5) is 10.9. The molecule has 0 aromatic carbocycles. The van der Waals surface area contributed by atoms with Crippen LogP contribution in [0, 0.1) is 0 Å². The molecule has 0 aromatic heterocycles. The lowest BCUT2D eigenvalue weighted by molar-refractivity contribution is -0.141. The van der Waals surface area contributed by atoms with Gasteiger partial charge in [0.25, 0.3) is 0 Å². The lowest BCUT2D eigenvalue weighted by Crippen LogP contribution is -2.61. The molecule has 2 N–H and O–H groups in total. The highest BCUT2D eigenvalue weighted by molar-refractivity contribution is 7.89. The van der Waals surface area contributed by atoms with E-state index in [1.54, 1.807) is 13.8 Å². The maximum absolute atomic E-state index is 11.9. The average Bonchev–Trinajstić information content (AvgIpc) is 2.17. The van der Waals surface area contributed by atoms with E-state index in [-0.39, 0.29) is 5.75 Å². The quantitative estimate of drug-likeness (QED) is 0.700. The van der Waals surface area contributed by atoms with Crippen LogP contribution >= 0.6 is 0 Å². The van der Waals surface area contributed by atoms with Gasteiger partial charge in [-0.1, -0.05) is 6.92 Å². The molecular weight excluding hydrogens is 232 g/mol. The third-order valence-corrected chi connectivity index (χ3v) is 4.87. The van der Waals surface area contributed by atoms with Gasteiger partial charge in [-0.05, 0) is 13.3 Å². The number of carboxylic acids is 1. The first kappa shape index (κ1) is 13.4. The Kier molecular flexibility index (Phi) is 4.28. The van der Waals surface area contributed by atoms with E-state index in [1.165, 1.54) is 4.31 Å². The van der Waals surface area contributed by atoms with Gasteiger partial charge >= 0.3 is 5.97 Å². The minimum Gasteiger partial charge on any atom is -0.480 e. The van der Waals surface area contributed by atoms with Crippen molar-refractivity contribution in [1.82, 2.24) is 9.62 Å². The lowest BCUT2D eigenvalue weighted by atomic mass is 10.1. The second kappa shape index (κ2) is 5.11. The third kappa shape index (κ3) is 2.72. The van der Waals surface area contributed by atoms with Crippen LogP contribution in [-0.4, -0.2) is 54.7 Å². The van der Waals surface area contributed by atoms with Crippen molar-refractivity contribution in [3.05, 3.63) is 0 Å². The molecule has 0 amide bonds.